The Kier molecular flexibility index (Phi) is 4.32. The predicted octanol–water partition coefficient (Wildman–Crippen LogP) is 3.42. The summed E-state index contributed by atoms with van der Waals surface area (Å²) in [5, 5.41) is 5.09. The highest BCUT2D eigenvalue weighted by atomic mass is 35.5. The van der Waals surface area contributed by atoms with Gasteiger partial charge in [-0.3, -0.25) is 0 Å². The molecule has 0 saturated carbocycles. The first kappa shape index (κ1) is 13.7. The summed E-state index contributed by atoms with van der Waals surface area (Å²) in [6.45, 7) is 5.23. The van der Waals surface area contributed by atoms with Gasteiger partial charge in [0, 0.05) is 11.6 Å². The fourth-order valence-electron chi connectivity index (χ4n) is 1.82. The molecule has 2 rings (SSSR count). The standard InChI is InChI=1S/C14H18ClN3O/c1-3-8-18-14(13(16)10(2)17-18)19-9-11-4-6-12(15)7-5-11/h4-7H,3,8-9,16H2,1-2H3. The maximum atomic E-state index is 5.99. The first-order valence-electron chi connectivity index (χ1n) is 6.32. The highest BCUT2D eigenvalue weighted by Gasteiger charge is 2.13. The van der Waals surface area contributed by atoms with Crippen LogP contribution in [0.25, 0.3) is 0 Å². The molecule has 0 bridgehead atoms. The van der Waals surface area contributed by atoms with Crippen molar-refractivity contribution in [3.63, 3.8) is 0 Å². The van der Waals surface area contributed by atoms with Crippen LogP contribution in [0.5, 0.6) is 5.88 Å². The molecule has 0 aliphatic rings. The van der Waals surface area contributed by atoms with Gasteiger partial charge in [0.1, 0.15) is 12.3 Å². The summed E-state index contributed by atoms with van der Waals surface area (Å²) in [6, 6.07) is 7.56. The Labute approximate surface area is 118 Å². The third-order valence-electron chi connectivity index (χ3n) is 2.85. The van der Waals surface area contributed by atoms with Gasteiger partial charge in [0.05, 0.1) is 5.69 Å². The number of nitrogen functional groups attached to an aromatic ring is 1. The van der Waals surface area contributed by atoms with Crippen molar-refractivity contribution in [2.75, 3.05) is 5.73 Å². The Morgan fingerprint density at radius 2 is 2.00 bits per heavy atom. The molecule has 0 saturated heterocycles. The van der Waals surface area contributed by atoms with Crippen LogP contribution in [0.1, 0.15) is 24.6 Å². The lowest BCUT2D eigenvalue weighted by Gasteiger charge is -2.09. The van der Waals surface area contributed by atoms with E-state index in [2.05, 4.69) is 12.0 Å². The number of aryl methyl sites for hydroxylation is 2. The lowest BCUT2D eigenvalue weighted by Crippen LogP contribution is -2.06. The zero-order valence-electron chi connectivity index (χ0n) is 11.2. The van der Waals surface area contributed by atoms with Gasteiger partial charge < -0.3 is 10.5 Å². The molecule has 0 amide bonds. The first-order valence-corrected chi connectivity index (χ1v) is 6.69. The van der Waals surface area contributed by atoms with Crippen molar-refractivity contribution in [2.45, 2.75) is 33.4 Å². The van der Waals surface area contributed by atoms with Crippen LogP contribution < -0.4 is 10.5 Å². The molecular weight excluding hydrogens is 262 g/mol. The quantitative estimate of drug-likeness (QED) is 0.912. The van der Waals surface area contributed by atoms with E-state index in [9.17, 15) is 0 Å². The summed E-state index contributed by atoms with van der Waals surface area (Å²) in [7, 11) is 0. The van der Waals surface area contributed by atoms with E-state index >= 15 is 0 Å². The lowest BCUT2D eigenvalue weighted by atomic mass is 10.2. The maximum Gasteiger partial charge on any atom is 0.236 e. The monoisotopic (exact) mass is 279 g/mol. The Balaban J connectivity index is 2.12. The van der Waals surface area contributed by atoms with Crippen LogP contribution in [0.3, 0.4) is 0 Å². The van der Waals surface area contributed by atoms with E-state index in [1.807, 2.05) is 35.9 Å². The van der Waals surface area contributed by atoms with Crippen molar-refractivity contribution in [3.8, 4) is 5.88 Å². The zero-order valence-corrected chi connectivity index (χ0v) is 11.9. The Morgan fingerprint density at radius 1 is 1.32 bits per heavy atom. The van der Waals surface area contributed by atoms with Crippen LogP contribution in [0.4, 0.5) is 5.69 Å². The van der Waals surface area contributed by atoms with E-state index in [1.54, 1.807) is 0 Å². The summed E-state index contributed by atoms with van der Waals surface area (Å²) >= 11 is 5.85. The lowest BCUT2D eigenvalue weighted by molar-refractivity contribution is 0.273. The molecule has 102 valence electrons. The van der Waals surface area contributed by atoms with E-state index in [0.29, 0.717) is 18.2 Å². The molecule has 19 heavy (non-hydrogen) atoms. The second-order valence-corrected chi connectivity index (χ2v) is 4.88. The van der Waals surface area contributed by atoms with Crippen molar-refractivity contribution >= 4 is 17.3 Å². The minimum Gasteiger partial charge on any atom is -0.471 e. The molecule has 0 unspecified atom stereocenters. The van der Waals surface area contributed by atoms with Gasteiger partial charge >= 0.3 is 0 Å². The van der Waals surface area contributed by atoms with Gasteiger partial charge in [0.25, 0.3) is 0 Å². The number of hydrogen-bond acceptors (Lipinski definition) is 3. The van der Waals surface area contributed by atoms with E-state index in [1.165, 1.54) is 0 Å². The summed E-state index contributed by atoms with van der Waals surface area (Å²) < 4.78 is 7.62. The van der Waals surface area contributed by atoms with Gasteiger partial charge in [-0.25, -0.2) is 4.68 Å². The number of aromatic nitrogens is 2. The van der Waals surface area contributed by atoms with Crippen molar-refractivity contribution in [1.29, 1.82) is 0 Å². The minimum atomic E-state index is 0.455. The molecule has 1 aromatic heterocycles. The van der Waals surface area contributed by atoms with E-state index in [-0.39, 0.29) is 0 Å². The second-order valence-electron chi connectivity index (χ2n) is 4.44. The fraction of sp³-hybridized carbons (Fsp3) is 0.357. The largest absolute Gasteiger partial charge is 0.471 e. The van der Waals surface area contributed by atoms with E-state index in [0.717, 1.165) is 29.2 Å². The highest BCUT2D eigenvalue weighted by molar-refractivity contribution is 6.30. The van der Waals surface area contributed by atoms with Crippen molar-refractivity contribution in [1.82, 2.24) is 9.78 Å². The number of hydrogen-bond donors (Lipinski definition) is 1. The minimum absolute atomic E-state index is 0.455. The topological polar surface area (TPSA) is 53.1 Å². The van der Waals surface area contributed by atoms with Gasteiger partial charge in [-0.1, -0.05) is 30.7 Å². The zero-order chi connectivity index (χ0) is 13.8. The Hall–Kier alpha value is -1.68. The van der Waals surface area contributed by atoms with Crippen LogP contribution in [-0.2, 0) is 13.2 Å². The normalized spacial score (nSPS) is 10.7. The van der Waals surface area contributed by atoms with E-state index < -0.39 is 0 Å². The number of nitrogens with zero attached hydrogens (tertiary/aromatic N) is 2. The van der Waals surface area contributed by atoms with Gasteiger partial charge in [0.15, 0.2) is 0 Å². The third-order valence-corrected chi connectivity index (χ3v) is 3.10. The summed E-state index contributed by atoms with van der Waals surface area (Å²) in [5.74, 6) is 0.648. The summed E-state index contributed by atoms with van der Waals surface area (Å²) in [4.78, 5) is 0. The fourth-order valence-corrected chi connectivity index (χ4v) is 1.95. The van der Waals surface area contributed by atoms with Crippen molar-refractivity contribution < 1.29 is 4.74 Å². The molecule has 5 heteroatoms. The number of rotatable bonds is 5. The van der Waals surface area contributed by atoms with Crippen LogP contribution in [0, 0.1) is 6.92 Å². The molecule has 2 aromatic rings. The summed E-state index contributed by atoms with van der Waals surface area (Å²) in [6.07, 6.45) is 0.984. The molecule has 0 atom stereocenters. The molecule has 1 heterocycles. The predicted molar refractivity (Wildman–Crippen MR) is 77.5 cm³/mol. The first-order chi connectivity index (χ1) is 9.11. The third kappa shape index (κ3) is 3.20. The van der Waals surface area contributed by atoms with Crippen LogP contribution in [0.2, 0.25) is 5.02 Å². The number of nitrogens with two attached hydrogens (primary N) is 1. The van der Waals surface area contributed by atoms with Gasteiger partial charge in [-0.05, 0) is 31.0 Å². The average molecular weight is 280 g/mol. The molecular formula is C14H18ClN3O. The van der Waals surface area contributed by atoms with Gasteiger partial charge in [-0.15, -0.1) is 0 Å². The highest BCUT2D eigenvalue weighted by Crippen LogP contribution is 2.26. The summed E-state index contributed by atoms with van der Waals surface area (Å²) in [5.41, 5.74) is 8.46. The molecule has 0 spiro atoms. The smallest absolute Gasteiger partial charge is 0.236 e. The second kappa shape index (κ2) is 5.97. The number of ether oxygens (including phenoxy) is 1. The van der Waals surface area contributed by atoms with Crippen LogP contribution >= 0.6 is 11.6 Å². The number of anilines is 1. The Bertz CT molecular complexity index is 549. The van der Waals surface area contributed by atoms with Crippen LogP contribution in [-0.4, -0.2) is 9.78 Å². The van der Waals surface area contributed by atoms with Crippen LogP contribution in [0.15, 0.2) is 24.3 Å². The van der Waals surface area contributed by atoms with E-state index in [4.69, 9.17) is 22.1 Å². The van der Waals surface area contributed by atoms with Crippen molar-refractivity contribution in [2.24, 2.45) is 0 Å². The molecule has 0 aliphatic heterocycles. The molecule has 0 aliphatic carbocycles. The molecule has 0 radical (unpaired) electrons. The average Bonchev–Trinajstić information content (AvgIpc) is 2.65. The molecule has 0 fully saturated rings. The molecule has 4 nitrogen and oxygen atoms in total. The van der Waals surface area contributed by atoms with Gasteiger partial charge in [-0.2, -0.15) is 5.10 Å². The van der Waals surface area contributed by atoms with Gasteiger partial charge in [0.2, 0.25) is 5.88 Å². The number of benzene rings is 1. The van der Waals surface area contributed by atoms with Crippen molar-refractivity contribution in [3.05, 3.63) is 40.5 Å². The molecule has 2 N–H and O–H groups in total. The molecule has 1 aromatic carbocycles. The Morgan fingerprint density at radius 3 is 2.63 bits per heavy atom. The number of halogens is 1. The SMILES string of the molecule is CCCn1nc(C)c(N)c1OCc1ccc(Cl)cc1. The maximum absolute atomic E-state index is 5.99.